The van der Waals surface area contributed by atoms with E-state index in [1.807, 2.05) is 42.5 Å². The molecule has 6 nitrogen and oxygen atoms in total. The second kappa shape index (κ2) is 12.7. The number of rotatable bonds is 10. The summed E-state index contributed by atoms with van der Waals surface area (Å²) in [5, 5.41) is 1.33. The molecule has 0 N–H and O–H groups in total. The van der Waals surface area contributed by atoms with Crippen molar-refractivity contribution >= 4 is 22.6 Å². The average molecular weight is 547 g/mol. The summed E-state index contributed by atoms with van der Waals surface area (Å²) in [5.74, 6) is 1.45. The summed E-state index contributed by atoms with van der Waals surface area (Å²) in [4.78, 5) is 18.0. The molecule has 2 heterocycles. The Balaban J connectivity index is 1.08. The molecule has 3 aromatic carbocycles. The Kier molecular flexibility index (Phi) is 8.87. The lowest BCUT2D eigenvalue weighted by atomic mass is 10.0. The minimum Gasteiger partial charge on any atom is -0.497 e. The van der Waals surface area contributed by atoms with Crippen LogP contribution in [0.4, 0.5) is 0 Å². The van der Waals surface area contributed by atoms with Crippen molar-refractivity contribution < 1.29 is 13.9 Å². The summed E-state index contributed by atoms with van der Waals surface area (Å²) in [6.45, 7) is 4.79. The van der Waals surface area contributed by atoms with Gasteiger partial charge in [-0.25, -0.2) is 0 Å². The van der Waals surface area contributed by atoms with Crippen LogP contribution in [-0.4, -0.2) is 56.2 Å². The molecule has 39 heavy (non-hydrogen) atoms. The maximum absolute atomic E-state index is 13.1. The zero-order chi connectivity index (χ0) is 27.2. The third-order valence-corrected chi connectivity index (χ3v) is 7.82. The molecule has 7 heteroatoms. The van der Waals surface area contributed by atoms with Gasteiger partial charge in [-0.3, -0.25) is 9.69 Å². The second-order valence-corrected chi connectivity index (χ2v) is 10.6. The first-order chi connectivity index (χ1) is 19.0. The van der Waals surface area contributed by atoms with Crippen molar-refractivity contribution in [1.82, 2.24) is 9.80 Å². The van der Waals surface area contributed by atoms with Gasteiger partial charge in [0.25, 0.3) is 0 Å². The van der Waals surface area contributed by atoms with Crippen LogP contribution in [0, 0.1) is 0 Å². The van der Waals surface area contributed by atoms with E-state index in [9.17, 15) is 4.79 Å². The fraction of sp³-hybridized carbons (Fsp3) is 0.344. The number of nitrogens with zero attached hydrogens (tertiary/aromatic N) is 2. The third-order valence-electron chi connectivity index (χ3n) is 7.57. The van der Waals surface area contributed by atoms with Gasteiger partial charge >= 0.3 is 0 Å². The lowest BCUT2D eigenvalue weighted by molar-refractivity contribution is 0.118. The number of methoxy groups -OCH3 is 1. The van der Waals surface area contributed by atoms with Crippen LogP contribution in [0.5, 0.6) is 11.5 Å². The Morgan fingerprint density at radius 1 is 1.00 bits per heavy atom. The molecule has 0 unspecified atom stereocenters. The maximum atomic E-state index is 13.1. The Labute approximate surface area is 234 Å². The molecule has 0 amide bonds. The van der Waals surface area contributed by atoms with E-state index in [4.69, 9.17) is 25.5 Å². The topological polar surface area (TPSA) is 55.2 Å². The van der Waals surface area contributed by atoms with Gasteiger partial charge in [0.15, 0.2) is 5.43 Å². The molecule has 0 radical (unpaired) electrons. The number of piperidine rings is 1. The molecule has 204 valence electrons. The van der Waals surface area contributed by atoms with Crippen molar-refractivity contribution in [3.8, 4) is 22.6 Å². The number of ether oxygens (including phenoxy) is 2. The fourth-order valence-electron chi connectivity index (χ4n) is 5.22. The molecule has 1 aromatic heterocycles. The largest absolute Gasteiger partial charge is 0.497 e. The van der Waals surface area contributed by atoms with Gasteiger partial charge in [-0.15, -0.1) is 0 Å². The van der Waals surface area contributed by atoms with Crippen molar-refractivity contribution in [2.45, 2.75) is 31.8 Å². The molecule has 1 saturated heterocycles. The zero-order valence-corrected chi connectivity index (χ0v) is 23.3. The number of fused-ring (bicyclic) bond motifs is 1. The van der Waals surface area contributed by atoms with E-state index in [-0.39, 0.29) is 5.43 Å². The van der Waals surface area contributed by atoms with Crippen molar-refractivity contribution in [3.63, 3.8) is 0 Å². The summed E-state index contributed by atoms with van der Waals surface area (Å²) in [7, 11) is 3.83. The highest BCUT2D eigenvalue weighted by Crippen LogP contribution is 2.25. The monoisotopic (exact) mass is 546 g/mol. The summed E-state index contributed by atoms with van der Waals surface area (Å²) in [5.41, 5.74) is 3.10. The molecular formula is C32H35ClN2O4. The van der Waals surface area contributed by atoms with Gasteiger partial charge in [-0.2, -0.15) is 0 Å². The summed E-state index contributed by atoms with van der Waals surface area (Å²) >= 11 is 6.01. The summed E-state index contributed by atoms with van der Waals surface area (Å²) in [6, 6.07) is 21.6. The molecule has 0 atom stereocenters. The van der Waals surface area contributed by atoms with Crippen LogP contribution in [0.15, 0.2) is 82.2 Å². The Hall–Kier alpha value is -3.32. The predicted octanol–water partition coefficient (Wildman–Crippen LogP) is 6.49. The molecule has 0 bridgehead atoms. The van der Waals surface area contributed by atoms with E-state index in [2.05, 4.69) is 29.0 Å². The van der Waals surface area contributed by atoms with Gasteiger partial charge in [0.1, 0.15) is 23.3 Å². The summed E-state index contributed by atoms with van der Waals surface area (Å²) in [6.07, 6.45) is 4.80. The van der Waals surface area contributed by atoms with Gasteiger partial charge in [0, 0.05) is 30.2 Å². The Bertz CT molecular complexity index is 1430. The highest BCUT2D eigenvalue weighted by atomic mass is 35.5. The van der Waals surface area contributed by atoms with Crippen LogP contribution < -0.4 is 14.9 Å². The number of hydrogen-bond acceptors (Lipinski definition) is 6. The molecule has 1 aliphatic rings. The molecule has 0 spiro atoms. The Morgan fingerprint density at radius 3 is 2.44 bits per heavy atom. The van der Waals surface area contributed by atoms with Crippen LogP contribution >= 0.6 is 11.6 Å². The van der Waals surface area contributed by atoms with E-state index in [0.29, 0.717) is 34.9 Å². The molecule has 1 fully saturated rings. The minimum atomic E-state index is -0.0613. The van der Waals surface area contributed by atoms with E-state index < -0.39 is 0 Å². The molecule has 5 rings (SSSR count). The molecule has 0 saturated carbocycles. The first-order valence-corrected chi connectivity index (χ1v) is 13.9. The number of hydrogen-bond donors (Lipinski definition) is 0. The number of likely N-dealkylation sites (tertiary alicyclic amines) is 1. The molecular weight excluding hydrogens is 512 g/mol. The highest BCUT2D eigenvalue weighted by molar-refractivity contribution is 6.30. The van der Waals surface area contributed by atoms with Crippen molar-refractivity contribution in [2.75, 3.05) is 40.4 Å². The van der Waals surface area contributed by atoms with Gasteiger partial charge in [-0.05, 0) is 86.9 Å². The van der Waals surface area contributed by atoms with Crippen molar-refractivity contribution in [1.29, 1.82) is 0 Å². The van der Waals surface area contributed by atoms with Gasteiger partial charge in [0.2, 0.25) is 0 Å². The Morgan fingerprint density at radius 2 is 1.72 bits per heavy atom. The number of benzene rings is 3. The van der Waals surface area contributed by atoms with Crippen molar-refractivity contribution in [2.24, 2.45) is 0 Å². The van der Waals surface area contributed by atoms with E-state index >= 15 is 0 Å². The van der Waals surface area contributed by atoms with E-state index in [0.717, 1.165) is 48.9 Å². The lowest BCUT2D eigenvalue weighted by Gasteiger charge is -2.36. The maximum Gasteiger partial charge on any atom is 0.200 e. The average Bonchev–Trinajstić information content (AvgIpc) is 2.97. The van der Waals surface area contributed by atoms with Gasteiger partial charge < -0.3 is 18.8 Å². The van der Waals surface area contributed by atoms with Crippen LogP contribution in [0.25, 0.3) is 22.1 Å². The van der Waals surface area contributed by atoms with Crippen LogP contribution in [0.2, 0.25) is 5.02 Å². The van der Waals surface area contributed by atoms with Crippen LogP contribution in [0.1, 0.15) is 24.8 Å². The zero-order valence-electron chi connectivity index (χ0n) is 22.6. The lowest BCUT2D eigenvalue weighted by Crippen LogP contribution is -2.43. The minimum absolute atomic E-state index is 0.0613. The highest BCUT2D eigenvalue weighted by Gasteiger charge is 2.22. The first kappa shape index (κ1) is 27.3. The third kappa shape index (κ3) is 6.82. The second-order valence-electron chi connectivity index (χ2n) is 10.2. The quantitative estimate of drug-likeness (QED) is 0.212. The standard InChI is InChI=1S/C32H35ClN2O4/c1-34(26-14-17-35(18-15-26)21-23-4-8-25(33)9-5-23)16-3-19-38-28-12-13-29-31(20-28)39-22-30(32(29)36)24-6-10-27(37-2)11-7-24/h4-13,20,22,26H,3,14-19,21H2,1-2H3. The van der Waals surface area contributed by atoms with Gasteiger partial charge in [0.05, 0.1) is 24.7 Å². The summed E-state index contributed by atoms with van der Waals surface area (Å²) < 4.78 is 17.0. The molecule has 4 aromatic rings. The van der Waals surface area contributed by atoms with Gasteiger partial charge in [-0.1, -0.05) is 35.9 Å². The van der Waals surface area contributed by atoms with Crippen LogP contribution in [0.3, 0.4) is 0 Å². The molecule has 1 aliphatic heterocycles. The number of halogens is 1. The SMILES string of the molecule is COc1ccc(-c2coc3cc(OCCCN(C)C4CCN(Cc5ccc(Cl)cc5)CC4)ccc3c2=O)cc1. The predicted molar refractivity (Wildman–Crippen MR) is 157 cm³/mol. The normalized spacial score (nSPS) is 14.7. The fourth-order valence-corrected chi connectivity index (χ4v) is 5.35. The van der Waals surface area contributed by atoms with E-state index in [1.54, 1.807) is 19.2 Å². The molecule has 0 aliphatic carbocycles. The smallest absolute Gasteiger partial charge is 0.200 e. The van der Waals surface area contributed by atoms with Crippen LogP contribution in [-0.2, 0) is 6.54 Å². The first-order valence-electron chi connectivity index (χ1n) is 13.5. The van der Waals surface area contributed by atoms with Crippen molar-refractivity contribution in [3.05, 3.63) is 93.8 Å². The van der Waals surface area contributed by atoms with E-state index in [1.165, 1.54) is 24.7 Å².